The van der Waals surface area contributed by atoms with Crippen molar-refractivity contribution in [3.05, 3.63) is 40.5 Å². The van der Waals surface area contributed by atoms with Crippen molar-refractivity contribution >= 4 is 34.2 Å². The Morgan fingerprint density at radius 1 is 1.16 bits per heavy atom. The van der Waals surface area contributed by atoms with E-state index in [4.69, 9.17) is 27.9 Å². The van der Waals surface area contributed by atoms with Crippen LogP contribution in [0.1, 0.15) is 5.82 Å². The fourth-order valence-electron chi connectivity index (χ4n) is 1.72. The molecule has 0 aliphatic heterocycles. The Hall–Kier alpha value is -1.85. The first-order valence-corrected chi connectivity index (χ1v) is 6.19. The van der Waals surface area contributed by atoms with Crippen molar-refractivity contribution in [2.75, 3.05) is 0 Å². The van der Waals surface area contributed by atoms with Crippen LogP contribution in [0, 0.1) is 6.92 Å². The number of ether oxygens (including phenoxy) is 1. The van der Waals surface area contributed by atoms with Gasteiger partial charge in [0.15, 0.2) is 0 Å². The highest BCUT2D eigenvalue weighted by molar-refractivity contribution is 6.35. The van der Waals surface area contributed by atoms with Crippen LogP contribution in [0.2, 0.25) is 10.2 Å². The minimum atomic E-state index is 0.313. The number of fused-ring (bicyclic) bond motifs is 1. The monoisotopic (exact) mass is 294 g/mol. The van der Waals surface area contributed by atoms with Gasteiger partial charge in [-0.3, -0.25) is 0 Å². The topological polar surface area (TPSA) is 63.7 Å². The Bertz CT molecular complexity index is 757. The molecule has 3 rings (SSSR count). The van der Waals surface area contributed by atoms with Crippen LogP contribution >= 0.6 is 23.2 Å². The Kier molecular flexibility index (Phi) is 3.00. The van der Waals surface area contributed by atoms with E-state index < -0.39 is 0 Å². The van der Waals surface area contributed by atoms with Gasteiger partial charge in [-0.2, -0.15) is 0 Å². The molecule has 0 saturated carbocycles. The molecular weight excluding hydrogens is 287 g/mol. The number of benzene rings is 1. The Morgan fingerprint density at radius 3 is 2.79 bits per heavy atom. The fraction of sp³-hybridized carbons (Fsp3) is 0.0833. The molecule has 2 aromatic heterocycles. The number of aromatic amines is 1. The van der Waals surface area contributed by atoms with Crippen LogP contribution < -0.4 is 4.74 Å². The van der Waals surface area contributed by atoms with Crippen molar-refractivity contribution in [2.24, 2.45) is 0 Å². The lowest BCUT2D eigenvalue weighted by atomic mass is 10.3. The molecule has 5 nitrogen and oxygen atoms in total. The molecule has 0 saturated heterocycles. The van der Waals surface area contributed by atoms with E-state index in [1.807, 2.05) is 6.92 Å². The van der Waals surface area contributed by atoms with E-state index in [1.165, 1.54) is 12.4 Å². The molecule has 7 heteroatoms. The molecule has 0 radical (unpaired) electrons. The zero-order valence-corrected chi connectivity index (χ0v) is 11.3. The Labute approximate surface area is 118 Å². The number of aromatic nitrogens is 4. The summed E-state index contributed by atoms with van der Waals surface area (Å²) in [6.45, 7) is 1.86. The Balaban J connectivity index is 2.01. The molecule has 0 aliphatic rings. The highest BCUT2D eigenvalue weighted by Gasteiger charge is 2.08. The van der Waals surface area contributed by atoms with Gasteiger partial charge in [-0.25, -0.2) is 15.0 Å². The Morgan fingerprint density at radius 2 is 2.00 bits per heavy atom. The quantitative estimate of drug-likeness (QED) is 0.731. The van der Waals surface area contributed by atoms with E-state index in [9.17, 15) is 0 Å². The van der Waals surface area contributed by atoms with Gasteiger partial charge in [-0.15, -0.1) is 0 Å². The summed E-state index contributed by atoms with van der Waals surface area (Å²) in [5.41, 5.74) is 1.52. The number of aryl methyl sites for hydroxylation is 1. The number of hydrogen-bond donors (Lipinski definition) is 1. The first-order chi connectivity index (χ1) is 9.11. The van der Waals surface area contributed by atoms with Gasteiger partial charge in [0, 0.05) is 18.2 Å². The van der Waals surface area contributed by atoms with Crippen molar-refractivity contribution in [3.63, 3.8) is 0 Å². The van der Waals surface area contributed by atoms with E-state index in [1.54, 1.807) is 12.1 Å². The van der Waals surface area contributed by atoms with Gasteiger partial charge in [-0.05, 0) is 6.92 Å². The maximum absolute atomic E-state index is 6.16. The summed E-state index contributed by atoms with van der Waals surface area (Å²) in [5.74, 6) is 1.68. The van der Waals surface area contributed by atoms with E-state index in [0.717, 1.165) is 16.9 Å². The largest absolute Gasteiger partial charge is 0.439 e. The van der Waals surface area contributed by atoms with Crippen molar-refractivity contribution in [3.8, 4) is 11.6 Å². The van der Waals surface area contributed by atoms with Crippen molar-refractivity contribution in [1.29, 1.82) is 0 Å². The lowest BCUT2D eigenvalue weighted by molar-refractivity contribution is 0.462. The minimum absolute atomic E-state index is 0.313. The molecule has 0 fully saturated rings. The van der Waals surface area contributed by atoms with Crippen LogP contribution in [0.25, 0.3) is 11.0 Å². The van der Waals surface area contributed by atoms with Gasteiger partial charge in [0.25, 0.3) is 0 Å². The highest BCUT2D eigenvalue weighted by atomic mass is 35.5. The van der Waals surface area contributed by atoms with Gasteiger partial charge in [0.2, 0.25) is 5.88 Å². The molecule has 96 valence electrons. The second kappa shape index (κ2) is 4.68. The van der Waals surface area contributed by atoms with Gasteiger partial charge in [0.1, 0.15) is 23.1 Å². The van der Waals surface area contributed by atoms with E-state index in [2.05, 4.69) is 19.9 Å². The number of imidazole rings is 1. The number of rotatable bonds is 2. The predicted molar refractivity (Wildman–Crippen MR) is 73.0 cm³/mol. The predicted octanol–water partition coefficient (Wildman–Crippen LogP) is 3.76. The zero-order chi connectivity index (χ0) is 13.4. The van der Waals surface area contributed by atoms with Crippen LogP contribution in [0.5, 0.6) is 11.6 Å². The summed E-state index contributed by atoms with van der Waals surface area (Å²) in [5, 5.41) is 0.848. The number of halogens is 2. The number of nitrogens with zero attached hydrogens (tertiary/aromatic N) is 3. The fourth-order valence-corrected chi connectivity index (χ4v) is 2.11. The molecule has 0 bridgehead atoms. The molecular formula is C12H8Cl2N4O. The molecule has 1 N–H and O–H groups in total. The summed E-state index contributed by atoms with van der Waals surface area (Å²) in [4.78, 5) is 15.1. The summed E-state index contributed by atoms with van der Waals surface area (Å²) < 4.78 is 5.58. The maximum Gasteiger partial charge on any atom is 0.223 e. The average molecular weight is 295 g/mol. The molecule has 1 aromatic carbocycles. The van der Waals surface area contributed by atoms with E-state index >= 15 is 0 Å². The second-order valence-electron chi connectivity index (χ2n) is 3.90. The molecule has 0 unspecified atom stereocenters. The van der Waals surface area contributed by atoms with Gasteiger partial charge in [-0.1, -0.05) is 23.2 Å². The van der Waals surface area contributed by atoms with Crippen molar-refractivity contribution < 1.29 is 4.74 Å². The van der Waals surface area contributed by atoms with Gasteiger partial charge >= 0.3 is 0 Å². The molecule has 19 heavy (non-hydrogen) atoms. The third-order valence-corrected chi connectivity index (χ3v) is 2.97. The van der Waals surface area contributed by atoms with Crippen molar-refractivity contribution in [2.45, 2.75) is 6.92 Å². The summed E-state index contributed by atoms with van der Waals surface area (Å²) in [6.07, 6.45) is 1.33. The smallest absolute Gasteiger partial charge is 0.223 e. The van der Waals surface area contributed by atoms with E-state index in [0.29, 0.717) is 21.8 Å². The standard InChI is InChI=1S/C12H8Cl2N4O/c1-6-17-9-3-7(2-8(13)12(9)18-6)19-11-4-10(14)15-5-16-11/h2-5H,1H3,(H,17,18). The van der Waals surface area contributed by atoms with E-state index in [-0.39, 0.29) is 0 Å². The minimum Gasteiger partial charge on any atom is -0.439 e. The van der Waals surface area contributed by atoms with Crippen LogP contribution in [-0.4, -0.2) is 19.9 Å². The molecule has 2 heterocycles. The molecule has 0 atom stereocenters. The molecule has 0 aliphatic carbocycles. The number of nitrogens with one attached hydrogen (secondary N) is 1. The van der Waals surface area contributed by atoms with Gasteiger partial charge in [0.05, 0.1) is 16.1 Å². The van der Waals surface area contributed by atoms with Crippen molar-refractivity contribution in [1.82, 2.24) is 19.9 Å². The first kappa shape index (κ1) is 12.2. The third kappa shape index (κ3) is 2.47. The number of hydrogen-bond acceptors (Lipinski definition) is 4. The SMILES string of the molecule is Cc1nc2cc(Oc3cc(Cl)ncn3)cc(Cl)c2[nH]1. The molecule has 0 amide bonds. The van der Waals surface area contributed by atoms with Crippen LogP contribution in [0.4, 0.5) is 0 Å². The lowest BCUT2D eigenvalue weighted by Crippen LogP contribution is -1.89. The molecule has 0 spiro atoms. The molecule has 3 aromatic rings. The maximum atomic E-state index is 6.16. The summed E-state index contributed by atoms with van der Waals surface area (Å²) in [6, 6.07) is 4.99. The third-order valence-electron chi connectivity index (χ3n) is 2.47. The first-order valence-electron chi connectivity index (χ1n) is 5.43. The van der Waals surface area contributed by atoms with Gasteiger partial charge < -0.3 is 9.72 Å². The van der Waals surface area contributed by atoms with Crippen LogP contribution in [0.15, 0.2) is 24.5 Å². The zero-order valence-electron chi connectivity index (χ0n) is 9.82. The highest BCUT2D eigenvalue weighted by Crippen LogP contribution is 2.30. The van der Waals surface area contributed by atoms with Crippen LogP contribution in [-0.2, 0) is 0 Å². The normalized spacial score (nSPS) is 10.9. The lowest BCUT2D eigenvalue weighted by Gasteiger charge is -2.05. The second-order valence-corrected chi connectivity index (χ2v) is 4.70. The number of H-pyrrole nitrogens is 1. The average Bonchev–Trinajstić information content (AvgIpc) is 2.70. The van der Waals surface area contributed by atoms with Crippen LogP contribution in [0.3, 0.4) is 0 Å². The summed E-state index contributed by atoms with van der Waals surface area (Å²) >= 11 is 11.9. The summed E-state index contributed by atoms with van der Waals surface area (Å²) in [7, 11) is 0.